The lowest BCUT2D eigenvalue weighted by Gasteiger charge is -1.94. The van der Waals surface area contributed by atoms with Crippen molar-refractivity contribution in [3.05, 3.63) is 0 Å². The average Bonchev–Trinajstić information content (AvgIpc) is 2.12. The molecule has 0 aromatic heterocycles. The predicted molar refractivity (Wildman–Crippen MR) is 50.3 cm³/mol. The SMILES string of the molecule is NCCCCCCN.O=C(O)C(F)(F)F. The van der Waals surface area contributed by atoms with Gasteiger partial charge in [-0.1, -0.05) is 12.8 Å². The highest BCUT2D eigenvalue weighted by Gasteiger charge is 2.38. The first kappa shape index (κ1) is 16.6. The number of aliphatic carboxylic acids is 1. The monoisotopic (exact) mass is 230 g/mol. The third-order valence-corrected chi connectivity index (χ3v) is 1.40. The maximum atomic E-state index is 10.6. The number of rotatable bonds is 5. The molecule has 4 nitrogen and oxygen atoms in total. The first-order valence-corrected chi connectivity index (χ1v) is 4.56. The van der Waals surface area contributed by atoms with Crippen LogP contribution in [0.1, 0.15) is 25.7 Å². The summed E-state index contributed by atoms with van der Waals surface area (Å²) in [7, 11) is 0. The molecule has 0 spiro atoms. The molecule has 0 radical (unpaired) electrons. The van der Waals surface area contributed by atoms with Crippen LogP contribution in [0, 0.1) is 0 Å². The Hall–Kier alpha value is -0.820. The average molecular weight is 230 g/mol. The van der Waals surface area contributed by atoms with E-state index in [1.807, 2.05) is 0 Å². The van der Waals surface area contributed by atoms with Gasteiger partial charge in [0.2, 0.25) is 0 Å². The maximum absolute atomic E-state index is 10.6. The topological polar surface area (TPSA) is 89.3 Å². The molecule has 0 atom stereocenters. The molecule has 5 N–H and O–H groups in total. The molecular formula is C8H17F3N2O2. The second-order valence-corrected chi connectivity index (χ2v) is 2.79. The number of halogens is 3. The zero-order chi connectivity index (χ0) is 12.3. The van der Waals surface area contributed by atoms with Gasteiger partial charge >= 0.3 is 12.1 Å². The number of hydrogen-bond donors (Lipinski definition) is 3. The maximum Gasteiger partial charge on any atom is 0.490 e. The van der Waals surface area contributed by atoms with Gasteiger partial charge in [-0.25, -0.2) is 4.79 Å². The Morgan fingerprint density at radius 3 is 1.40 bits per heavy atom. The number of carbonyl (C=O) groups is 1. The standard InChI is InChI=1S/C6H16N2.C2HF3O2/c7-5-3-1-2-4-6-8;3-2(4,5)1(6)7/h1-8H2;(H,6,7). The number of unbranched alkanes of at least 4 members (excludes halogenated alkanes) is 3. The second kappa shape index (κ2) is 9.72. The minimum Gasteiger partial charge on any atom is -0.475 e. The van der Waals surface area contributed by atoms with E-state index in [9.17, 15) is 13.2 Å². The number of carboxylic acid groups (broad SMARTS) is 1. The Balaban J connectivity index is 0. The Morgan fingerprint density at radius 1 is 1.00 bits per heavy atom. The first-order chi connectivity index (χ1) is 6.86. The molecule has 0 aliphatic rings. The molecule has 92 valence electrons. The smallest absolute Gasteiger partial charge is 0.475 e. The zero-order valence-corrected chi connectivity index (χ0v) is 8.39. The highest BCUT2D eigenvalue weighted by atomic mass is 19.4. The number of nitrogens with two attached hydrogens (primary N) is 2. The van der Waals surface area contributed by atoms with Crippen molar-refractivity contribution in [3.8, 4) is 0 Å². The van der Waals surface area contributed by atoms with Crippen molar-refractivity contribution in [2.24, 2.45) is 11.5 Å². The molecule has 0 aliphatic carbocycles. The van der Waals surface area contributed by atoms with Gasteiger partial charge in [0.1, 0.15) is 0 Å². The molecular weight excluding hydrogens is 213 g/mol. The molecule has 0 rings (SSSR count). The summed E-state index contributed by atoms with van der Waals surface area (Å²) in [4.78, 5) is 8.90. The van der Waals surface area contributed by atoms with E-state index >= 15 is 0 Å². The zero-order valence-electron chi connectivity index (χ0n) is 8.39. The number of alkyl halides is 3. The van der Waals surface area contributed by atoms with E-state index < -0.39 is 12.1 Å². The quantitative estimate of drug-likeness (QED) is 0.617. The molecule has 0 unspecified atom stereocenters. The summed E-state index contributed by atoms with van der Waals surface area (Å²) in [6, 6.07) is 0. The molecule has 15 heavy (non-hydrogen) atoms. The van der Waals surface area contributed by atoms with Crippen LogP contribution in [0.3, 0.4) is 0 Å². The fourth-order valence-corrected chi connectivity index (χ4v) is 0.642. The van der Waals surface area contributed by atoms with E-state index in [0.717, 1.165) is 25.9 Å². The second-order valence-electron chi connectivity index (χ2n) is 2.79. The minimum atomic E-state index is -5.08. The summed E-state index contributed by atoms with van der Waals surface area (Å²) in [6.07, 6.45) is -0.290. The lowest BCUT2D eigenvalue weighted by molar-refractivity contribution is -0.192. The highest BCUT2D eigenvalue weighted by Crippen LogP contribution is 2.13. The fraction of sp³-hybridized carbons (Fsp3) is 0.875. The van der Waals surface area contributed by atoms with Crippen LogP contribution in [0.2, 0.25) is 0 Å². The van der Waals surface area contributed by atoms with Gasteiger partial charge in [0.25, 0.3) is 0 Å². The summed E-state index contributed by atoms with van der Waals surface area (Å²) in [6.45, 7) is 1.65. The molecule has 0 aromatic rings. The molecule has 7 heteroatoms. The first-order valence-electron chi connectivity index (χ1n) is 4.56. The molecule has 0 aliphatic heterocycles. The molecule has 0 saturated carbocycles. The largest absolute Gasteiger partial charge is 0.490 e. The minimum absolute atomic E-state index is 0.824. The van der Waals surface area contributed by atoms with Gasteiger partial charge in [0.05, 0.1) is 0 Å². The van der Waals surface area contributed by atoms with Crippen LogP contribution in [0.15, 0.2) is 0 Å². The van der Waals surface area contributed by atoms with Crippen LogP contribution in [0.4, 0.5) is 13.2 Å². The summed E-state index contributed by atoms with van der Waals surface area (Å²) in [5.41, 5.74) is 10.6. The molecule has 0 bridgehead atoms. The molecule has 0 fully saturated rings. The molecule has 0 aromatic carbocycles. The third kappa shape index (κ3) is 15.9. The Labute approximate surface area is 86.4 Å². The van der Waals surface area contributed by atoms with Gasteiger partial charge in [-0.3, -0.25) is 0 Å². The van der Waals surface area contributed by atoms with Crippen molar-refractivity contribution in [2.45, 2.75) is 31.9 Å². The summed E-state index contributed by atoms with van der Waals surface area (Å²) >= 11 is 0. The van der Waals surface area contributed by atoms with Gasteiger partial charge < -0.3 is 16.6 Å². The Morgan fingerprint density at radius 2 is 1.27 bits per heavy atom. The summed E-state index contributed by atoms with van der Waals surface area (Å²) in [5.74, 6) is -2.76. The normalized spacial score (nSPS) is 10.5. The van der Waals surface area contributed by atoms with Gasteiger partial charge in [-0.2, -0.15) is 13.2 Å². The third-order valence-electron chi connectivity index (χ3n) is 1.40. The van der Waals surface area contributed by atoms with E-state index in [0.29, 0.717) is 0 Å². The summed E-state index contributed by atoms with van der Waals surface area (Å²) in [5, 5.41) is 7.12. The Bertz CT molecular complexity index is 156. The van der Waals surface area contributed by atoms with Gasteiger partial charge in [0, 0.05) is 0 Å². The van der Waals surface area contributed by atoms with E-state index in [-0.39, 0.29) is 0 Å². The predicted octanol–water partition coefficient (Wildman–Crippen LogP) is 1.10. The van der Waals surface area contributed by atoms with Crippen LogP contribution in [0.25, 0.3) is 0 Å². The van der Waals surface area contributed by atoms with Gasteiger partial charge in [-0.05, 0) is 25.9 Å². The van der Waals surface area contributed by atoms with Crippen molar-refractivity contribution in [3.63, 3.8) is 0 Å². The molecule has 0 amide bonds. The van der Waals surface area contributed by atoms with E-state index in [4.69, 9.17) is 21.4 Å². The summed E-state index contributed by atoms with van der Waals surface area (Å²) < 4.78 is 31.7. The lowest BCUT2D eigenvalue weighted by Crippen LogP contribution is -2.21. The fourth-order valence-electron chi connectivity index (χ4n) is 0.642. The van der Waals surface area contributed by atoms with Crippen LogP contribution < -0.4 is 11.5 Å². The van der Waals surface area contributed by atoms with Crippen LogP contribution in [-0.2, 0) is 4.79 Å². The van der Waals surface area contributed by atoms with Crippen molar-refractivity contribution in [1.82, 2.24) is 0 Å². The van der Waals surface area contributed by atoms with Gasteiger partial charge in [-0.15, -0.1) is 0 Å². The molecule has 0 saturated heterocycles. The lowest BCUT2D eigenvalue weighted by atomic mass is 10.2. The number of carboxylic acids is 1. The van der Waals surface area contributed by atoms with Crippen molar-refractivity contribution < 1.29 is 23.1 Å². The van der Waals surface area contributed by atoms with E-state index in [1.54, 1.807) is 0 Å². The van der Waals surface area contributed by atoms with Crippen LogP contribution in [0.5, 0.6) is 0 Å². The molecule has 0 heterocycles. The van der Waals surface area contributed by atoms with Crippen molar-refractivity contribution >= 4 is 5.97 Å². The van der Waals surface area contributed by atoms with Gasteiger partial charge in [0.15, 0.2) is 0 Å². The van der Waals surface area contributed by atoms with Crippen molar-refractivity contribution in [2.75, 3.05) is 13.1 Å². The van der Waals surface area contributed by atoms with E-state index in [2.05, 4.69) is 0 Å². The number of hydrogen-bond acceptors (Lipinski definition) is 3. The van der Waals surface area contributed by atoms with E-state index in [1.165, 1.54) is 12.8 Å². The Kier molecular flexibility index (Phi) is 10.8. The highest BCUT2D eigenvalue weighted by molar-refractivity contribution is 5.73. The van der Waals surface area contributed by atoms with Crippen molar-refractivity contribution in [1.29, 1.82) is 0 Å². The van der Waals surface area contributed by atoms with Crippen LogP contribution in [-0.4, -0.2) is 30.3 Å². The van der Waals surface area contributed by atoms with Crippen LogP contribution >= 0.6 is 0 Å².